The smallest absolute Gasteiger partial charge is 0.250 e. The first-order valence-corrected chi connectivity index (χ1v) is 9.11. The Kier molecular flexibility index (Phi) is 5.00. The van der Waals surface area contributed by atoms with E-state index in [0.717, 1.165) is 17.7 Å². The summed E-state index contributed by atoms with van der Waals surface area (Å²) in [6, 6.07) is 3.53. The van der Waals surface area contributed by atoms with Gasteiger partial charge >= 0.3 is 0 Å². The molecule has 19 heavy (non-hydrogen) atoms. The van der Waals surface area contributed by atoms with Crippen LogP contribution in [0.4, 0.5) is 0 Å². The molecule has 0 radical (unpaired) electrons. The Morgan fingerprint density at radius 1 is 1.42 bits per heavy atom. The second-order valence-corrected chi connectivity index (χ2v) is 8.44. The van der Waals surface area contributed by atoms with Crippen molar-refractivity contribution in [3.63, 3.8) is 0 Å². The van der Waals surface area contributed by atoms with Gasteiger partial charge in [-0.25, -0.2) is 13.1 Å². The summed E-state index contributed by atoms with van der Waals surface area (Å²) in [6.45, 7) is 3.32. The van der Waals surface area contributed by atoms with Gasteiger partial charge in [0.25, 0.3) is 0 Å². The summed E-state index contributed by atoms with van der Waals surface area (Å²) in [6.07, 6.45) is 4.30. The first-order chi connectivity index (χ1) is 9.03. The molecule has 0 aromatic carbocycles. The van der Waals surface area contributed by atoms with Crippen LogP contribution in [-0.4, -0.2) is 21.5 Å². The van der Waals surface area contributed by atoms with E-state index in [1.807, 2.05) is 6.07 Å². The summed E-state index contributed by atoms with van der Waals surface area (Å²) in [7, 11) is -3.34. The molecule has 6 heteroatoms. The average Bonchev–Trinajstić information content (AvgIpc) is 2.97. The van der Waals surface area contributed by atoms with E-state index in [1.54, 1.807) is 6.07 Å². The van der Waals surface area contributed by atoms with Gasteiger partial charge in [0.05, 0.1) is 0 Å². The minimum Gasteiger partial charge on any atom is -0.330 e. The standard InChI is InChI=1S/C13H22N2O2S2/c1-10-3-2-4-11(10)9-15-19(16,17)13-6-5-12(18-13)7-8-14/h5-6,10-11,15H,2-4,7-9,14H2,1H3. The summed E-state index contributed by atoms with van der Waals surface area (Å²) in [5, 5.41) is 0. The molecule has 0 saturated heterocycles. The van der Waals surface area contributed by atoms with Gasteiger partial charge in [0.15, 0.2) is 0 Å². The van der Waals surface area contributed by atoms with E-state index < -0.39 is 10.0 Å². The molecule has 1 heterocycles. The topological polar surface area (TPSA) is 72.2 Å². The number of nitrogens with one attached hydrogen (secondary N) is 1. The quantitative estimate of drug-likeness (QED) is 0.844. The molecule has 3 N–H and O–H groups in total. The van der Waals surface area contributed by atoms with Crippen LogP contribution in [0.1, 0.15) is 31.1 Å². The summed E-state index contributed by atoms with van der Waals surface area (Å²) in [5.74, 6) is 1.11. The minimum absolute atomic E-state index is 0.404. The van der Waals surface area contributed by atoms with Crippen LogP contribution >= 0.6 is 11.3 Å². The van der Waals surface area contributed by atoms with E-state index in [9.17, 15) is 8.42 Å². The molecule has 1 aliphatic carbocycles. The van der Waals surface area contributed by atoms with Crippen LogP contribution in [0, 0.1) is 11.8 Å². The van der Waals surface area contributed by atoms with Crippen molar-refractivity contribution >= 4 is 21.4 Å². The molecule has 1 saturated carbocycles. The molecule has 0 aliphatic heterocycles. The van der Waals surface area contributed by atoms with Gasteiger partial charge < -0.3 is 5.73 Å². The van der Waals surface area contributed by atoms with Crippen molar-refractivity contribution in [1.29, 1.82) is 0 Å². The highest BCUT2D eigenvalue weighted by molar-refractivity contribution is 7.91. The summed E-state index contributed by atoms with van der Waals surface area (Å²) in [4.78, 5) is 1.03. The van der Waals surface area contributed by atoms with Gasteiger partial charge in [-0.3, -0.25) is 0 Å². The molecule has 108 valence electrons. The van der Waals surface area contributed by atoms with Crippen LogP contribution in [0.15, 0.2) is 16.3 Å². The molecule has 1 aromatic heterocycles. The van der Waals surface area contributed by atoms with Gasteiger partial charge in [0, 0.05) is 11.4 Å². The van der Waals surface area contributed by atoms with E-state index in [0.29, 0.717) is 29.1 Å². The van der Waals surface area contributed by atoms with E-state index in [4.69, 9.17) is 5.73 Å². The first-order valence-electron chi connectivity index (χ1n) is 6.81. The van der Waals surface area contributed by atoms with Crippen molar-refractivity contribution in [2.75, 3.05) is 13.1 Å². The molecule has 2 atom stereocenters. The Bertz CT molecular complexity index is 510. The molecule has 2 unspecified atom stereocenters. The van der Waals surface area contributed by atoms with Crippen LogP contribution in [-0.2, 0) is 16.4 Å². The van der Waals surface area contributed by atoms with E-state index in [2.05, 4.69) is 11.6 Å². The Morgan fingerprint density at radius 2 is 2.21 bits per heavy atom. The lowest BCUT2D eigenvalue weighted by Crippen LogP contribution is -2.29. The molecular weight excluding hydrogens is 280 g/mol. The predicted molar refractivity (Wildman–Crippen MR) is 78.8 cm³/mol. The molecule has 2 rings (SSSR count). The third kappa shape index (κ3) is 3.78. The molecule has 0 bridgehead atoms. The number of nitrogens with two attached hydrogens (primary N) is 1. The van der Waals surface area contributed by atoms with Gasteiger partial charge in [-0.15, -0.1) is 11.3 Å². The second-order valence-electron chi connectivity index (χ2n) is 5.28. The fourth-order valence-corrected chi connectivity index (χ4v) is 5.10. The Hall–Kier alpha value is -0.430. The van der Waals surface area contributed by atoms with Gasteiger partial charge in [0.2, 0.25) is 10.0 Å². The molecular formula is C13H22N2O2S2. The zero-order valence-corrected chi connectivity index (χ0v) is 12.9. The first kappa shape index (κ1) is 15.0. The van der Waals surface area contributed by atoms with Crippen LogP contribution in [0.25, 0.3) is 0 Å². The zero-order chi connectivity index (χ0) is 13.9. The molecule has 0 spiro atoms. The average molecular weight is 302 g/mol. The third-order valence-electron chi connectivity index (χ3n) is 3.87. The van der Waals surface area contributed by atoms with E-state index in [-0.39, 0.29) is 0 Å². The molecule has 0 amide bonds. The van der Waals surface area contributed by atoms with Crippen LogP contribution in [0.3, 0.4) is 0 Å². The maximum absolute atomic E-state index is 12.2. The molecule has 4 nitrogen and oxygen atoms in total. The zero-order valence-electron chi connectivity index (χ0n) is 11.3. The van der Waals surface area contributed by atoms with Crippen LogP contribution in [0.2, 0.25) is 0 Å². The van der Waals surface area contributed by atoms with E-state index in [1.165, 1.54) is 24.2 Å². The van der Waals surface area contributed by atoms with Crippen LogP contribution in [0.5, 0.6) is 0 Å². The fraction of sp³-hybridized carbons (Fsp3) is 0.692. The molecule has 1 fully saturated rings. The lowest BCUT2D eigenvalue weighted by molar-refractivity contribution is 0.414. The second kappa shape index (κ2) is 6.35. The van der Waals surface area contributed by atoms with Crippen molar-refractivity contribution < 1.29 is 8.42 Å². The predicted octanol–water partition coefficient (Wildman–Crippen LogP) is 1.96. The highest BCUT2D eigenvalue weighted by Crippen LogP contribution is 2.31. The van der Waals surface area contributed by atoms with Gasteiger partial charge in [0.1, 0.15) is 4.21 Å². The van der Waals surface area contributed by atoms with Crippen LogP contribution < -0.4 is 10.5 Å². The van der Waals surface area contributed by atoms with Gasteiger partial charge in [-0.1, -0.05) is 19.8 Å². The Balaban J connectivity index is 1.97. The largest absolute Gasteiger partial charge is 0.330 e. The summed E-state index contributed by atoms with van der Waals surface area (Å²) in [5.41, 5.74) is 5.48. The third-order valence-corrected chi connectivity index (χ3v) is 6.93. The number of rotatable bonds is 6. The van der Waals surface area contributed by atoms with Gasteiger partial charge in [-0.2, -0.15) is 0 Å². The van der Waals surface area contributed by atoms with Gasteiger partial charge in [-0.05, 0) is 43.4 Å². The molecule has 1 aliphatic rings. The fourth-order valence-electron chi connectivity index (χ4n) is 2.59. The highest BCUT2D eigenvalue weighted by Gasteiger charge is 2.25. The maximum Gasteiger partial charge on any atom is 0.250 e. The lowest BCUT2D eigenvalue weighted by atomic mass is 9.99. The maximum atomic E-state index is 12.2. The Labute approximate surface area is 119 Å². The summed E-state index contributed by atoms with van der Waals surface area (Å²) >= 11 is 1.32. The lowest BCUT2D eigenvalue weighted by Gasteiger charge is -2.15. The number of hydrogen-bond acceptors (Lipinski definition) is 4. The van der Waals surface area contributed by atoms with Crippen molar-refractivity contribution in [3.8, 4) is 0 Å². The number of thiophene rings is 1. The number of sulfonamides is 1. The highest BCUT2D eigenvalue weighted by atomic mass is 32.2. The van der Waals surface area contributed by atoms with E-state index >= 15 is 0 Å². The number of hydrogen-bond donors (Lipinski definition) is 2. The van der Waals surface area contributed by atoms with Crippen molar-refractivity contribution in [3.05, 3.63) is 17.0 Å². The Morgan fingerprint density at radius 3 is 2.84 bits per heavy atom. The summed E-state index contributed by atoms with van der Waals surface area (Å²) < 4.78 is 27.5. The molecule has 1 aromatic rings. The SMILES string of the molecule is CC1CCCC1CNS(=O)(=O)c1ccc(CCN)s1. The minimum atomic E-state index is -3.34. The monoisotopic (exact) mass is 302 g/mol. The van der Waals surface area contributed by atoms with Crippen molar-refractivity contribution in [2.45, 2.75) is 36.8 Å². The van der Waals surface area contributed by atoms with Crippen molar-refractivity contribution in [1.82, 2.24) is 4.72 Å². The van der Waals surface area contributed by atoms with Crippen molar-refractivity contribution in [2.24, 2.45) is 17.6 Å². The normalized spacial score (nSPS) is 23.9.